The van der Waals surface area contributed by atoms with Gasteiger partial charge in [-0.15, -0.1) is 0 Å². The van der Waals surface area contributed by atoms with Crippen LogP contribution in [-0.4, -0.2) is 69.7 Å². The van der Waals surface area contributed by atoms with Crippen molar-refractivity contribution in [1.82, 2.24) is 9.21 Å². The second kappa shape index (κ2) is 9.52. The van der Waals surface area contributed by atoms with Gasteiger partial charge in [-0.1, -0.05) is 6.07 Å². The van der Waals surface area contributed by atoms with Gasteiger partial charge in [-0.05, 0) is 60.6 Å². The first-order valence-electron chi connectivity index (χ1n) is 12.4. The summed E-state index contributed by atoms with van der Waals surface area (Å²) in [7, 11) is -0.485. The predicted molar refractivity (Wildman–Crippen MR) is 134 cm³/mol. The number of rotatable bonds is 6. The number of Topliss-reactive ketones (excluding diaryl/α,β-unsaturated/α-hetero) is 1. The van der Waals surface area contributed by atoms with E-state index in [4.69, 9.17) is 9.47 Å². The number of piperidine rings is 1. The minimum absolute atomic E-state index is 0.0529. The molecule has 2 fully saturated rings. The van der Waals surface area contributed by atoms with Crippen molar-refractivity contribution in [2.75, 3.05) is 40.4 Å². The fourth-order valence-corrected chi connectivity index (χ4v) is 7.37. The van der Waals surface area contributed by atoms with E-state index in [-0.39, 0.29) is 27.9 Å². The van der Waals surface area contributed by atoms with Crippen LogP contribution in [-0.2, 0) is 14.8 Å². The predicted octanol–water partition coefficient (Wildman–Crippen LogP) is 3.47. The number of likely N-dealkylation sites (tertiary alicyclic amines) is 1. The highest BCUT2D eigenvalue weighted by atomic mass is 32.2. The Bertz CT molecular complexity index is 1280. The van der Waals surface area contributed by atoms with E-state index in [0.717, 1.165) is 24.8 Å². The van der Waals surface area contributed by atoms with Gasteiger partial charge >= 0.3 is 0 Å². The maximum Gasteiger partial charge on any atom is 0.243 e. The van der Waals surface area contributed by atoms with Gasteiger partial charge in [0, 0.05) is 56.6 Å². The molecule has 5 rings (SSSR count). The Morgan fingerprint density at radius 2 is 1.69 bits per heavy atom. The summed E-state index contributed by atoms with van der Waals surface area (Å²) in [5, 5.41) is 0. The van der Waals surface area contributed by atoms with Crippen molar-refractivity contribution in [3.05, 3.63) is 53.6 Å². The van der Waals surface area contributed by atoms with Crippen molar-refractivity contribution in [3.63, 3.8) is 0 Å². The number of ketones is 1. The molecule has 192 valence electrons. The molecule has 2 saturated heterocycles. The number of amides is 1. The molecule has 1 spiro atoms. The second-order valence-corrected chi connectivity index (χ2v) is 12.1. The van der Waals surface area contributed by atoms with Gasteiger partial charge < -0.3 is 14.4 Å². The molecule has 9 heteroatoms. The van der Waals surface area contributed by atoms with E-state index in [0.29, 0.717) is 56.1 Å². The van der Waals surface area contributed by atoms with Gasteiger partial charge in [-0.2, -0.15) is 4.31 Å². The summed E-state index contributed by atoms with van der Waals surface area (Å²) in [5.74, 6) is 1.22. The summed E-state index contributed by atoms with van der Waals surface area (Å²) < 4.78 is 38.4. The first kappa shape index (κ1) is 24.8. The first-order valence-corrected chi connectivity index (χ1v) is 13.8. The van der Waals surface area contributed by atoms with E-state index in [1.165, 1.54) is 7.11 Å². The van der Waals surface area contributed by atoms with Crippen molar-refractivity contribution in [1.29, 1.82) is 0 Å². The number of hydrogen-bond acceptors (Lipinski definition) is 6. The molecule has 2 aromatic carbocycles. The van der Waals surface area contributed by atoms with Gasteiger partial charge in [0.25, 0.3) is 0 Å². The summed E-state index contributed by atoms with van der Waals surface area (Å²) in [6, 6.07) is 12.0. The number of benzene rings is 2. The molecule has 1 amide bonds. The number of nitrogens with zero attached hydrogens (tertiary/aromatic N) is 2. The Morgan fingerprint density at radius 3 is 2.42 bits per heavy atom. The van der Waals surface area contributed by atoms with Crippen molar-refractivity contribution in [3.8, 4) is 11.5 Å². The number of hydrogen-bond donors (Lipinski definition) is 0. The van der Waals surface area contributed by atoms with E-state index in [2.05, 4.69) is 0 Å². The van der Waals surface area contributed by atoms with Gasteiger partial charge in [-0.3, -0.25) is 9.59 Å². The third-order valence-electron chi connectivity index (χ3n) is 8.10. The van der Waals surface area contributed by atoms with Crippen LogP contribution in [0, 0.1) is 5.41 Å². The first-order chi connectivity index (χ1) is 17.2. The molecule has 36 heavy (non-hydrogen) atoms. The molecule has 0 N–H and O–H groups in total. The van der Waals surface area contributed by atoms with Crippen molar-refractivity contribution >= 4 is 21.7 Å². The van der Waals surface area contributed by atoms with Crippen LogP contribution < -0.4 is 9.47 Å². The van der Waals surface area contributed by atoms with Crippen LogP contribution in [0.25, 0.3) is 0 Å². The average molecular weight is 513 g/mol. The molecule has 0 radical (unpaired) electrons. The number of carbonyl (C=O) groups excluding carboxylic acids is 2. The number of ether oxygens (including phenoxy) is 2. The Balaban J connectivity index is 1.21. The molecule has 0 aromatic heterocycles. The molecule has 3 aliphatic rings. The van der Waals surface area contributed by atoms with Crippen LogP contribution >= 0.6 is 0 Å². The lowest BCUT2D eigenvalue weighted by molar-refractivity contribution is -0.131. The molecule has 1 aliphatic carbocycles. The van der Waals surface area contributed by atoms with Gasteiger partial charge in [-0.25, -0.2) is 8.42 Å². The SMILES string of the molecule is COc1cccc(S(=O)(=O)N2CCC3(CCN(C(=O)CC4CC(=O)c5ccc(OC)cc54)C3)CC2)c1. The third-order valence-corrected chi connectivity index (χ3v) is 10.00. The molecular formula is C27H32N2O6S. The highest BCUT2D eigenvalue weighted by Crippen LogP contribution is 2.43. The summed E-state index contributed by atoms with van der Waals surface area (Å²) in [6.07, 6.45) is 2.98. The van der Waals surface area contributed by atoms with Crippen molar-refractivity contribution in [2.45, 2.75) is 42.9 Å². The number of methoxy groups -OCH3 is 2. The lowest BCUT2D eigenvalue weighted by Crippen LogP contribution is -2.44. The van der Waals surface area contributed by atoms with Crippen molar-refractivity contribution in [2.24, 2.45) is 5.41 Å². The topological polar surface area (TPSA) is 93.2 Å². The lowest BCUT2D eigenvalue weighted by atomic mass is 9.78. The molecule has 0 saturated carbocycles. The zero-order valence-electron chi connectivity index (χ0n) is 20.7. The van der Waals surface area contributed by atoms with E-state index < -0.39 is 10.0 Å². The Morgan fingerprint density at radius 1 is 1.00 bits per heavy atom. The number of sulfonamides is 1. The highest BCUT2D eigenvalue weighted by molar-refractivity contribution is 7.89. The van der Waals surface area contributed by atoms with E-state index in [9.17, 15) is 18.0 Å². The smallest absolute Gasteiger partial charge is 0.243 e. The average Bonchev–Trinajstić information content (AvgIpc) is 3.44. The molecular weight excluding hydrogens is 480 g/mol. The minimum Gasteiger partial charge on any atom is -0.497 e. The Hall–Kier alpha value is -2.91. The number of carbonyl (C=O) groups is 2. The molecule has 0 bridgehead atoms. The fraction of sp³-hybridized carbons (Fsp3) is 0.481. The van der Waals surface area contributed by atoms with Crippen molar-refractivity contribution < 1.29 is 27.5 Å². The molecule has 1 unspecified atom stereocenters. The van der Waals surface area contributed by atoms with Gasteiger partial charge in [0.15, 0.2) is 5.78 Å². The van der Waals surface area contributed by atoms with Crippen LogP contribution in [0.2, 0.25) is 0 Å². The standard InChI is InChI=1S/C27H32N2O6S/c1-34-20-4-3-5-22(16-20)36(32,33)29-12-9-27(10-13-29)8-11-28(18-27)26(31)15-19-14-25(30)23-7-6-21(35-2)17-24(19)23/h3-7,16-17,19H,8-15,18H2,1-2H3. The number of fused-ring (bicyclic) bond motifs is 1. The summed E-state index contributed by atoms with van der Waals surface area (Å²) in [5.41, 5.74) is 1.54. The van der Waals surface area contributed by atoms with E-state index in [1.807, 2.05) is 11.0 Å². The third kappa shape index (κ3) is 4.50. The second-order valence-electron chi connectivity index (χ2n) is 10.1. The Kier molecular flexibility index (Phi) is 6.55. The lowest BCUT2D eigenvalue weighted by Gasteiger charge is -2.38. The van der Waals surface area contributed by atoms with E-state index in [1.54, 1.807) is 47.8 Å². The van der Waals surface area contributed by atoms with Crippen LogP contribution in [0.1, 0.15) is 53.9 Å². The van der Waals surface area contributed by atoms with Crippen LogP contribution in [0.4, 0.5) is 0 Å². The van der Waals surface area contributed by atoms with Crippen LogP contribution in [0.15, 0.2) is 47.4 Å². The zero-order valence-corrected chi connectivity index (χ0v) is 21.6. The van der Waals surface area contributed by atoms with Gasteiger partial charge in [0.2, 0.25) is 15.9 Å². The Labute approximate surface area is 212 Å². The summed E-state index contributed by atoms with van der Waals surface area (Å²) in [6.45, 7) is 2.19. The highest BCUT2D eigenvalue weighted by Gasteiger charge is 2.44. The monoisotopic (exact) mass is 512 g/mol. The maximum absolute atomic E-state index is 13.2. The van der Waals surface area contributed by atoms with Crippen LogP contribution in [0.5, 0.6) is 11.5 Å². The van der Waals surface area contributed by atoms with Gasteiger partial charge in [0.05, 0.1) is 19.1 Å². The summed E-state index contributed by atoms with van der Waals surface area (Å²) >= 11 is 0. The fourth-order valence-electron chi connectivity index (χ4n) is 5.89. The van der Waals surface area contributed by atoms with Crippen LogP contribution in [0.3, 0.4) is 0 Å². The summed E-state index contributed by atoms with van der Waals surface area (Å²) in [4.78, 5) is 27.8. The normalized spacial score (nSPS) is 21.6. The maximum atomic E-state index is 13.2. The molecule has 2 aromatic rings. The quantitative estimate of drug-likeness (QED) is 0.589. The molecule has 2 aliphatic heterocycles. The van der Waals surface area contributed by atoms with Gasteiger partial charge in [0.1, 0.15) is 11.5 Å². The van der Waals surface area contributed by atoms with E-state index >= 15 is 0 Å². The molecule has 1 atom stereocenters. The zero-order chi connectivity index (χ0) is 25.5. The largest absolute Gasteiger partial charge is 0.497 e. The molecule has 8 nitrogen and oxygen atoms in total. The minimum atomic E-state index is -3.60. The molecule has 2 heterocycles.